The predicted molar refractivity (Wildman–Crippen MR) is 74.3 cm³/mol. The van der Waals surface area contributed by atoms with Gasteiger partial charge in [-0.1, -0.05) is 0 Å². The molecule has 1 atom stereocenters. The van der Waals surface area contributed by atoms with Crippen LogP contribution in [0.15, 0.2) is 6.33 Å². The molecule has 2 aliphatic rings. The molecule has 1 saturated carbocycles. The van der Waals surface area contributed by atoms with Gasteiger partial charge in [0.2, 0.25) is 5.91 Å². The average molecular weight is 277 g/mol. The largest absolute Gasteiger partial charge is 0.383 e. The van der Waals surface area contributed by atoms with E-state index >= 15 is 0 Å². The molecular weight excluding hydrogens is 258 g/mol. The highest BCUT2D eigenvalue weighted by atomic mass is 16.5. The zero-order valence-electron chi connectivity index (χ0n) is 11.5. The maximum Gasteiger partial charge on any atom is 0.245 e. The molecule has 20 heavy (non-hydrogen) atoms. The van der Waals surface area contributed by atoms with E-state index in [9.17, 15) is 4.79 Å². The summed E-state index contributed by atoms with van der Waals surface area (Å²) in [6.07, 6.45) is 3.57. The maximum absolute atomic E-state index is 12.3. The first-order valence-corrected chi connectivity index (χ1v) is 6.88. The molecular formula is C13H19N5O2. The van der Waals surface area contributed by atoms with E-state index in [1.165, 1.54) is 6.33 Å². The van der Waals surface area contributed by atoms with Crippen LogP contribution in [0.5, 0.6) is 0 Å². The Morgan fingerprint density at radius 2 is 2.30 bits per heavy atom. The number of nitrogens with two attached hydrogens (primary N) is 1. The van der Waals surface area contributed by atoms with Crippen LogP contribution in [0.25, 0.3) is 0 Å². The number of hydrogen-bond donors (Lipinski definition) is 2. The Balaban J connectivity index is 1.84. The van der Waals surface area contributed by atoms with Gasteiger partial charge < -0.3 is 20.7 Å². The van der Waals surface area contributed by atoms with Gasteiger partial charge in [0, 0.05) is 18.2 Å². The summed E-state index contributed by atoms with van der Waals surface area (Å²) < 4.78 is 5.45. The molecule has 1 saturated heterocycles. The standard InChI is InChI=1S/C13H19N5O2/c1-8-11(14)15-7-16-12(8)18-4-5-20-6-10(18)13(19)17-9-2-3-9/h7,9-10H,2-6H2,1H3,(H,17,19)(H2,14,15,16). The van der Waals surface area contributed by atoms with Gasteiger partial charge in [0.05, 0.1) is 13.2 Å². The molecule has 1 unspecified atom stereocenters. The van der Waals surface area contributed by atoms with E-state index in [0.717, 1.165) is 24.2 Å². The molecule has 7 nitrogen and oxygen atoms in total. The van der Waals surface area contributed by atoms with Crippen LogP contribution in [0.4, 0.5) is 11.6 Å². The van der Waals surface area contributed by atoms with Crippen LogP contribution in [0.3, 0.4) is 0 Å². The van der Waals surface area contributed by atoms with E-state index in [0.29, 0.717) is 31.6 Å². The fourth-order valence-corrected chi connectivity index (χ4v) is 2.34. The van der Waals surface area contributed by atoms with Crippen LogP contribution in [0.2, 0.25) is 0 Å². The first-order valence-electron chi connectivity index (χ1n) is 6.88. The molecule has 1 aliphatic carbocycles. The lowest BCUT2D eigenvalue weighted by Crippen LogP contribution is -2.55. The Labute approximate surface area is 117 Å². The van der Waals surface area contributed by atoms with Crippen molar-refractivity contribution in [1.82, 2.24) is 15.3 Å². The van der Waals surface area contributed by atoms with Gasteiger partial charge in [-0.05, 0) is 19.8 Å². The van der Waals surface area contributed by atoms with Gasteiger partial charge in [-0.3, -0.25) is 4.79 Å². The number of amides is 1. The van der Waals surface area contributed by atoms with E-state index in [1.54, 1.807) is 0 Å². The van der Waals surface area contributed by atoms with Gasteiger partial charge in [-0.2, -0.15) is 0 Å². The van der Waals surface area contributed by atoms with E-state index in [2.05, 4.69) is 15.3 Å². The van der Waals surface area contributed by atoms with Gasteiger partial charge in [0.15, 0.2) is 0 Å². The van der Waals surface area contributed by atoms with Crippen molar-refractivity contribution in [2.24, 2.45) is 0 Å². The lowest BCUT2D eigenvalue weighted by Gasteiger charge is -2.36. The van der Waals surface area contributed by atoms with Crippen LogP contribution in [0.1, 0.15) is 18.4 Å². The van der Waals surface area contributed by atoms with Gasteiger partial charge >= 0.3 is 0 Å². The van der Waals surface area contributed by atoms with Crippen molar-refractivity contribution in [1.29, 1.82) is 0 Å². The summed E-state index contributed by atoms with van der Waals surface area (Å²) in [5.74, 6) is 1.17. The Hall–Kier alpha value is -1.89. The van der Waals surface area contributed by atoms with E-state index in [-0.39, 0.29) is 11.9 Å². The van der Waals surface area contributed by atoms with Crippen molar-refractivity contribution in [3.8, 4) is 0 Å². The molecule has 1 aromatic rings. The zero-order chi connectivity index (χ0) is 14.1. The van der Waals surface area contributed by atoms with Crippen molar-refractivity contribution >= 4 is 17.5 Å². The molecule has 1 aliphatic heterocycles. The molecule has 108 valence electrons. The van der Waals surface area contributed by atoms with Crippen molar-refractivity contribution in [2.45, 2.75) is 31.8 Å². The minimum atomic E-state index is -0.350. The van der Waals surface area contributed by atoms with Gasteiger partial charge in [0.1, 0.15) is 24.0 Å². The summed E-state index contributed by atoms with van der Waals surface area (Å²) in [5, 5.41) is 3.02. The van der Waals surface area contributed by atoms with Gasteiger partial charge in [-0.25, -0.2) is 9.97 Å². The SMILES string of the molecule is Cc1c(N)ncnc1N1CCOCC1C(=O)NC1CC1. The smallest absolute Gasteiger partial charge is 0.245 e. The second-order valence-corrected chi connectivity index (χ2v) is 5.27. The molecule has 3 N–H and O–H groups in total. The second-order valence-electron chi connectivity index (χ2n) is 5.27. The molecule has 2 heterocycles. The fourth-order valence-electron chi connectivity index (χ4n) is 2.34. The Morgan fingerprint density at radius 1 is 1.50 bits per heavy atom. The minimum Gasteiger partial charge on any atom is -0.383 e. The topological polar surface area (TPSA) is 93.4 Å². The Kier molecular flexibility index (Phi) is 3.43. The van der Waals surface area contributed by atoms with Gasteiger partial charge in [-0.15, -0.1) is 0 Å². The molecule has 0 spiro atoms. The van der Waals surface area contributed by atoms with E-state index < -0.39 is 0 Å². The predicted octanol–water partition coefficient (Wildman–Crippen LogP) is -0.149. The van der Waals surface area contributed by atoms with Crippen molar-refractivity contribution in [2.75, 3.05) is 30.4 Å². The Bertz CT molecular complexity index is 517. The first-order chi connectivity index (χ1) is 9.66. The number of anilines is 2. The monoisotopic (exact) mass is 277 g/mol. The van der Waals surface area contributed by atoms with Crippen LogP contribution in [-0.4, -0.2) is 47.7 Å². The molecule has 3 rings (SSSR count). The molecule has 7 heteroatoms. The highest BCUT2D eigenvalue weighted by Gasteiger charge is 2.34. The fraction of sp³-hybridized carbons (Fsp3) is 0.615. The van der Waals surface area contributed by atoms with Crippen LogP contribution < -0.4 is 16.0 Å². The third-order valence-electron chi connectivity index (χ3n) is 3.72. The van der Waals surface area contributed by atoms with Crippen LogP contribution in [0, 0.1) is 6.92 Å². The summed E-state index contributed by atoms with van der Waals surface area (Å²) >= 11 is 0. The average Bonchev–Trinajstić information content (AvgIpc) is 3.26. The minimum absolute atomic E-state index is 0.00350. The third kappa shape index (κ3) is 2.53. The summed E-state index contributed by atoms with van der Waals surface area (Å²) in [7, 11) is 0. The van der Waals surface area contributed by atoms with Crippen molar-refractivity contribution < 1.29 is 9.53 Å². The number of carbonyl (C=O) groups excluding carboxylic acids is 1. The molecule has 0 bridgehead atoms. The summed E-state index contributed by atoms with van der Waals surface area (Å²) in [4.78, 5) is 22.5. The first kappa shape index (κ1) is 13.1. The highest BCUT2D eigenvalue weighted by molar-refractivity contribution is 5.86. The number of ether oxygens (including phenoxy) is 1. The van der Waals surface area contributed by atoms with E-state index in [1.807, 2.05) is 11.8 Å². The summed E-state index contributed by atoms with van der Waals surface area (Å²) in [5.41, 5.74) is 6.63. The maximum atomic E-state index is 12.3. The summed E-state index contributed by atoms with van der Waals surface area (Å²) in [6.45, 7) is 3.45. The second kappa shape index (κ2) is 5.24. The number of morpholine rings is 1. The highest BCUT2D eigenvalue weighted by Crippen LogP contribution is 2.25. The lowest BCUT2D eigenvalue weighted by molar-refractivity contribution is -0.124. The molecule has 0 aromatic carbocycles. The number of hydrogen-bond acceptors (Lipinski definition) is 6. The van der Waals surface area contributed by atoms with Crippen LogP contribution in [-0.2, 0) is 9.53 Å². The van der Waals surface area contributed by atoms with Crippen molar-refractivity contribution in [3.05, 3.63) is 11.9 Å². The molecule has 1 amide bonds. The quantitative estimate of drug-likeness (QED) is 0.798. The van der Waals surface area contributed by atoms with Crippen molar-refractivity contribution in [3.63, 3.8) is 0 Å². The zero-order valence-corrected chi connectivity index (χ0v) is 11.5. The normalized spacial score (nSPS) is 22.6. The Morgan fingerprint density at radius 3 is 3.05 bits per heavy atom. The summed E-state index contributed by atoms with van der Waals surface area (Å²) in [6, 6.07) is -0.0137. The number of nitrogen functional groups attached to an aromatic ring is 1. The number of nitrogens with one attached hydrogen (secondary N) is 1. The number of aromatic nitrogens is 2. The molecule has 1 aromatic heterocycles. The van der Waals surface area contributed by atoms with Gasteiger partial charge in [0.25, 0.3) is 0 Å². The third-order valence-corrected chi connectivity index (χ3v) is 3.72. The number of carbonyl (C=O) groups is 1. The molecule has 2 fully saturated rings. The van der Waals surface area contributed by atoms with Crippen LogP contribution >= 0.6 is 0 Å². The number of nitrogens with zero attached hydrogens (tertiary/aromatic N) is 3. The van der Waals surface area contributed by atoms with E-state index in [4.69, 9.17) is 10.5 Å². The molecule has 0 radical (unpaired) electrons. The lowest BCUT2D eigenvalue weighted by atomic mass is 10.1. The number of rotatable bonds is 3.